The van der Waals surface area contributed by atoms with Crippen LogP contribution in [0.3, 0.4) is 0 Å². The molecule has 0 aromatic heterocycles. The molecular formula is C22H34O5. The molecule has 3 N–H and O–H groups in total. The second-order valence-corrected chi connectivity index (χ2v) is 10.2. The van der Waals surface area contributed by atoms with Gasteiger partial charge in [-0.3, -0.25) is 4.79 Å². The smallest absolute Gasteiger partial charge is 0.302 e. The van der Waals surface area contributed by atoms with Gasteiger partial charge in [0.25, 0.3) is 0 Å². The van der Waals surface area contributed by atoms with Crippen molar-refractivity contribution in [1.29, 1.82) is 0 Å². The molecule has 5 heteroatoms. The Hall–Kier alpha value is -0.910. The Kier molecular flexibility index (Phi) is 4.53. The van der Waals surface area contributed by atoms with Crippen molar-refractivity contribution in [3.8, 4) is 0 Å². The van der Waals surface area contributed by atoms with E-state index >= 15 is 0 Å². The van der Waals surface area contributed by atoms with Crippen LogP contribution in [0, 0.1) is 34.0 Å². The van der Waals surface area contributed by atoms with Crippen LogP contribution in [0.4, 0.5) is 0 Å². The lowest BCUT2D eigenvalue weighted by Crippen LogP contribution is -2.64. The normalized spacial score (nSPS) is 51.2. The number of carbonyl (C=O) groups is 1. The molecule has 0 radical (unpaired) electrons. The van der Waals surface area contributed by atoms with E-state index in [1.54, 1.807) is 0 Å². The van der Waals surface area contributed by atoms with Crippen molar-refractivity contribution < 1.29 is 24.9 Å². The number of aliphatic hydroxyl groups excluding tert-OH is 3. The van der Waals surface area contributed by atoms with Crippen LogP contribution in [-0.4, -0.2) is 46.7 Å². The largest absolute Gasteiger partial charge is 0.465 e. The lowest BCUT2D eigenvalue weighted by atomic mass is 9.40. The molecule has 0 saturated heterocycles. The lowest BCUT2D eigenvalue weighted by Gasteiger charge is -2.66. The maximum atomic E-state index is 11.5. The third-order valence-electron chi connectivity index (χ3n) is 8.99. The summed E-state index contributed by atoms with van der Waals surface area (Å²) < 4.78 is 5.39. The average Bonchev–Trinajstić information content (AvgIpc) is 2.91. The Morgan fingerprint density at radius 1 is 1.19 bits per heavy atom. The molecule has 152 valence electrons. The molecule has 8 atom stereocenters. The first kappa shape index (κ1) is 19.4. The summed E-state index contributed by atoms with van der Waals surface area (Å²) >= 11 is 0. The van der Waals surface area contributed by atoms with Crippen LogP contribution < -0.4 is 0 Å². The Morgan fingerprint density at radius 3 is 2.59 bits per heavy atom. The van der Waals surface area contributed by atoms with Gasteiger partial charge >= 0.3 is 5.97 Å². The molecular weight excluding hydrogens is 344 g/mol. The van der Waals surface area contributed by atoms with Crippen LogP contribution in [-0.2, 0) is 9.53 Å². The minimum Gasteiger partial charge on any atom is -0.465 e. The Bertz CT molecular complexity index is 659. The third kappa shape index (κ3) is 2.57. The van der Waals surface area contributed by atoms with E-state index in [2.05, 4.69) is 13.0 Å². The predicted octanol–water partition coefficient (Wildman–Crippen LogP) is 2.43. The van der Waals surface area contributed by atoms with Crippen LogP contribution in [0.5, 0.6) is 0 Å². The SMILES string of the molecule is CC(=O)OC[C@]1(C)[C@@H]2C[C@H](O)[C@]34C=C(CO)[C@H](CC[C@H]3[C@]2(C)CC[C@H]1O)C4. The molecule has 4 aliphatic carbocycles. The summed E-state index contributed by atoms with van der Waals surface area (Å²) in [6.45, 7) is 6.07. The Balaban J connectivity index is 1.73. The highest BCUT2D eigenvalue weighted by Crippen LogP contribution is 2.70. The number of aliphatic hydroxyl groups is 3. The molecule has 0 unspecified atom stereocenters. The summed E-state index contributed by atoms with van der Waals surface area (Å²) in [7, 11) is 0. The molecule has 5 nitrogen and oxygen atoms in total. The summed E-state index contributed by atoms with van der Waals surface area (Å²) in [5.74, 6) is 0.517. The fourth-order valence-corrected chi connectivity index (χ4v) is 7.62. The van der Waals surface area contributed by atoms with Gasteiger partial charge < -0.3 is 20.1 Å². The minimum atomic E-state index is -0.541. The molecule has 0 aromatic rings. The zero-order valence-electron chi connectivity index (χ0n) is 16.8. The summed E-state index contributed by atoms with van der Waals surface area (Å²) in [4.78, 5) is 11.5. The lowest BCUT2D eigenvalue weighted by molar-refractivity contribution is -0.224. The molecule has 1 spiro atoms. The first-order chi connectivity index (χ1) is 12.7. The number of hydrogen-bond acceptors (Lipinski definition) is 5. The maximum absolute atomic E-state index is 11.5. The zero-order chi connectivity index (χ0) is 19.6. The highest BCUT2D eigenvalue weighted by molar-refractivity contribution is 5.65. The second kappa shape index (κ2) is 6.30. The van der Waals surface area contributed by atoms with Gasteiger partial charge in [-0.1, -0.05) is 19.9 Å². The zero-order valence-corrected chi connectivity index (χ0v) is 16.8. The molecule has 0 aromatic carbocycles. The highest BCUT2D eigenvalue weighted by atomic mass is 16.5. The summed E-state index contributed by atoms with van der Waals surface area (Å²) in [5.41, 5.74) is 0.314. The van der Waals surface area contributed by atoms with Gasteiger partial charge in [-0.15, -0.1) is 0 Å². The average molecular weight is 379 g/mol. The Morgan fingerprint density at radius 2 is 1.93 bits per heavy atom. The molecule has 3 fully saturated rings. The fraction of sp³-hybridized carbons (Fsp3) is 0.864. The molecule has 0 heterocycles. The monoisotopic (exact) mass is 378 g/mol. The molecule has 2 bridgehead atoms. The van der Waals surface area contributed by atoms with Crippen LogP contribution >= 0.6 is 0 Å². The van der Waals surface area contributed by atoms with Gasteiger partial charge in [0.1, 0.15) is 0 Å². The number of esters is 1. The van der Waals surface area contributed by atoms with Gasteiger partial charge in [0.2, 0.25) is 0 Å². The number of hydrogen-bond donors (Lipinski definition) is 3. The standard InChI is InChI=1S/C22H34O5/c1-13(24)27-12-21(3)17-8-19(26)22-9-14(15(10-22)11-23)4-5-16(22)20(17,2)7-6-18(21)25/h10,14,16-19,23,25-26H,4-9,11-12H2,1-3H3/t14-,16+,17-,18-,19+,20+,21-,22-/m1/s1. The van der Waals surface area contributed by atoms with Crippen molar-refractivity contribution in [3.63, 3.8) is 0 Å². The van der Waals surface area contributed by atoms with Gasteiger partial charge in [0.05, 0.1) is 25.4 Å². The van der Waals surface area contributed by atoms with Crippen molar-refractivity contribution in [1.82, 2.24) is 0 Å². The molecule has 4 aliphatic rings. The van der Waals surface area contributed by atoms with Crippen molar-refractivity contribution >= 4 is 5.97 Å². The van der Waals surface area contributed by atoms with E-state index in [-0.39, 0.29) is 35.9 Å². The third-order valence-corrected chi connectivity index (χ3v) is 8.99. The molecule has 3 saturated carbocycles. The van der Waals surface area contributed by atoms with Crippen LogP contribution in [0.2, 0.25) is 0 Å². The summed E-state index contributed by atoms with van der Waals surface area (Å²) in [5, 5.41) is 32.0. The Labute approximate surface area is 161 Å². The van der Waals surface area contributed by atoms with Crippen molar-refractivity contribution in [2.24, 2.45) is 34.0 Å². The predicted molar refractivity (Wildman–Crippen MR) is 101 cm³/mol. The second-order valence-electron chi connectivity index (χ2n) is 10.2. The minimum absolute atomic E-state index is 0.0142. The van der Waals surface area contributed by atoms with Gasteiger partial charge in [0.15, 0.2) is 0 Å². The highest BCUT2D eigenvalue weighted by Gasteiger charge is 2.67. The number of rotatable bonds is 3. The first-order valence-electron chi connectivity index (χ1n) is 10.5. The maximum Gasteiger partial charge on any atom is 0.302 e. The van der Waals surface area contributed by atoms with Gasteiger partial charge in [0, 0.05) is 17.8 Å². The molecule has 4 rings (SSSR count). The van der Waals surface area contributed by atoms with Crippen LogP contribution in [0.15, 0.2) is 11.6 Å². The summed E-state index contributed by atoms with van der Waals surface area (Å²) in [6.07, 6.45) is 6.52. The van der Waals surface area contributed by atoms with Crippen LogP contribution in [0.25, 0.3) is 0 Å². The quantitative estimate of drug-likeness (QED) is 0.519. The van der Waals surface area contributed by atoms with E-state index in [0.29, 0.717) is 24.7 Å². The van der Waals surface area contributed by atoms with Gasteiger partial charge in [-0.05, 0) is 67.3 Å². The fourth-order valence-electron chi connectivity index (χ4n) is 7.62. The topological polar surface area (TPSA) is 87.0 Å². The first-order valence-corrected chi connectivity index (χ1v) is 10.5. The molecule has 0 amide bonds. The van der Waals surface area contributed by atoms with E-state index < -0.39 is 17.6 Å². The van der Waals surface area contributed by atoms with Crippen molar-refractivity contribution in [2.75, 3.05) is 13.2 Å². The van der Waals surface area contributed by atoms with E-state index in [4.69, 9.17) is 4.74 Å². The van der Waals surface area contributed by atoms with E-state index in [0.717, 1.165) is 31.3 Å². The number of carbonyl (C=O) groups excluding carboxylic acids is 1. The van der Waals surface area contributed by atoms with Crippen molar-refractivity contribution in [3.05, 3.63) is 11.6 Å². The van der Waals surface area contributed by atoms with Crippen LogP contribution in [0.1, 0.15) is 59.3 Å². The van der Waals surface area contributed by atoms with E-state index in [9.17, 15) is 20.1 Å². The summed E-state index contributed by atoms with van der Waals surface area (Å²) in [6, 6.07) is 0. The number of fused-ring (bicyclic) bond motifs is 3. The van der Waals surface area contributed by atoms with Gasteiger partial charge in [-0.25, -0.2) is 0 Å². The molecule has 27 heavy (non-hydrogen) atoms. The van der Waals surface area contributed by atoms with Crippen molar-refractivity contribution in [2.45, 2.75) is 71.5 Å². The van der Waals surface area contributed by atoms with Gasteiger partial charge in [-0.2, -0.15) is 0 Å². The van der Waals surface area contributed by atoms with E-state index in [1.807, 2.05) is 6.92 Å². The number of ether oxygens (including phenoxy) is 1. The van der Waals surface area contributed by atoms with E-state index in [1.165, 1.54) is 6.92 Å². The molecule has 0 aliphatic heterocycles.